The van der Waals surface area contributed by atoms with Gasteiger partial charge in [-0.25, -0.2) is 9.80 Å². The van der Waals surface area contributed by atoms with Gasteiger partial charge < -0.3 is 10.1 Å². The molecule has 1 unspecified atom stereocenters. The molecule has 0 radical (unpaired) electrons. The van der Waals surface area contributed by atoms with E-state index in [1.54, 1.807) is 11.9 Å². The molecule has 0 saturated heterocycles. The summed E-state index contributed by atoms with van der Waals surface area (Å²) in [7, 11) is 0. The summed E-state index contributed by atoms with van der Waals surface area (Å²) >= 11 is 3.47. The predicted octanol–water partition coefficient (Wildman–Crippen LogP) is 2.24. The maximum atomic E-state index is 12.0. The van der Waals surface area contributed by atoms with Crippen LogP contribution in [-0.2, 0) is 9.53 Å². The molecule has 0 spiro atoms. The first kappa shape index (κ1) is 13.9. The lowest BCUT2D eigenvalue weighted by Crippen LogP contribution is -2.40. The molecule has 6 heteroatoms. The van der Waals surface area contributed by atoms with Crippen molar-refractivity contribution in [2.75, 3.05) is 6.61 Å². The van der Waals surface area contributed by atoms with E-state index in [1.165, 1.54) is 6.21 Å². The van der Waals surface area contributed by atoms with E-state index in [0.717, 1.165) is 21.4 Å². The number of esters is 1. The molecule has 0 amide bonds. The predicted molar refractivity (Wildman–Crippen MR) is 77.4 cm³/mol. The van der Waals surface area contributed by atoms with Crippen LogP contribution >= 0.6 is 15.9 Å². The number of carbonyl (C=O) groups is 1. The third-order valence-electron chi connectivity index (χ3n) is 2.94. The molecule has 19 heavy (non-hydrogen) atoms. The zero-order chi connectivity index (χ0) is 14.2. The zero-order valence-corrected chi connectivity index (χ0v) is 12.7. The van der Waals surface area contributed by atoms with E-state index < -0.39 is 0 Å². The van der Waals surface area contributed by atoms with Crippen molar-refractivity contribution >= 4 is 28.1 Å². The van der Waals surface area contributed by atoms with Gasteiger partial charge in [0, 0.05) is 11.3 Å². The van der Waals surface area contributed by atoms with Crippen LogP contribution in [0.5, 0.6) is 0 Å². The molecule has 2 rings (SSSR count). The standard InChI is InChI=1S/C13H16BrN3O2/c1-5-19-13(18)9-6-15-17-11(14)8(4)16-12(17)10(9)7(2)3/h6,12,16H,2,5H2,1,3-4H3. The number of allylic oxidation sites excluding steroid dienone is 1. The van der Waals surface area contributed by atoms with Crippen LogP contribution in [0.4, 0.5) is 0 Å². The number of hydrogen-bond acceptors (Lipinski definition) is 5. The quantitative estimate of drug-likeness (QED) is 0.638. The van der Waals surface area contributed by atoms with E-state index >= 15 is 0 Å². The van der Waals surface area contributed by atoms with Gasteiger partial charge in [0.2, 0.25) is 0 Å². The molecular weight excluding hydrogens is 310 g/mol. The fraction of sp³-hybridized carbons (Fsp3) is 0.385. The smallest absolute Gasteiger partial charge is 0.340 e. The van der Waals surface area contributed by atoms with Crippen molar-refractivity contribution in [1.82, 2.24) is 10.3 Å². The Morgan fingerprint density at radius 3 is 2.95 bits per heavy atom. The van der Waals surface area contributed by atoms with Crippen LogP contribution in [-0.4, -0.2) is 30.0 Å². The largest absolute Gasteiger partial charge is 0.462 e. The second-order valence-electron chi connectivity index (χ2n) is 4.38. The number of nitrogens with zero attached hydrogens (tertiary/aromatic N) is 2. The lowest BCUT2D eigenvalue weighted by Gasteiger charge is -2.29. The van der Waals surface area contributed by atoms with Crippen molar-refractivity contribution in [1.29, 1.82) is 0 Å². The average Bonchev–Trinajstić information content (AvgIpc) is 2.64. The van der Waals surface area contributed by atoms with Crippen molar-refractivity contribution in [2.45, 2.75) is 26.9 Å². The van der Waals surface area contributed by atoms with Crippen molar-refractivity contribution in [2.24, 2.45) is 5.10 Å². The molecule has 0 saturated carbocycles. The lowest BCUT2D eigenvalue weighted by atomic mass is 9.98. The number of rotatable bonds is 3. The van der Waals surface area contributed by atoms with Crippen LogP contribution in [0.2, 0.25) is 0 Å². The van der Waals surface area contributed by atoms with Gasteiger partial charge >= 0.3 is 5.97 Å². The number of halogens is 1. The highest BCUT2D eigenvalue weighted by Crippen LogP contribution is 2.34. The lowest BCUT2D eigenvalue weighted by molar-refractivity contribution is -0.137. The Balaban J connectivity index is 2.43. The second-order valence-corrected chi connectivity index (χ2v) is 5.13. The first-order valence-electron chi connectivity index (χ1n) is 6.00. The minimum Gasteiger partial charge on any atom is -0.462 e. The molecule has 0 aromatic rings. The Hall–Kier alpha value is -1.56. The summed E-state index contributed by atoms with van der Waals surface area (Å²) in [5, 5.41) is 9.34. The van der Waals surface area contributed by atoms with Crippen LogP contribution in [0, 0.1) is 0 Å². The van der Waals surface area contributed by atoms with Gasteiger partial charge in [0.1, 0.15) is 10.8 Å². The molecule has 1 N–H and O–H groups in total. The highest BCUT2D eigenvalue weighted by atomic mass is 79.9. The van der Waals surface area contributed by atoms with E-state index in [1.807, 2.05) is 13.8 Å². The minimum atomic E-state index is -0.369. The SMILES string of the molecule is C=C(C)C1=C(C(=O)OCC)C=NN2C(Br)=C(C)NC12. The van der Waals surface area contributed by atoms with E-state index in [-0.39, 0.29) is 12.1 Å². The molecule has 0 fully saturated rings. The van der Waals surface area contributed by atoms with Crippen LogP contribution < -0.4 is 5.32 Å². The molecule has 0 aromatic heterocycles. The molecule has 0 aliphatic carbocycles. The van der Waals surface area contributed by atoms with E-state index in [0.29, 0.717) is 12.2 Å². The van der Waals surface area contributed by atoms with E-state index in [2.05, 4.69) is 32.9 Å². The van der Waals surface area contributed by atoms with Crippen LogP contribution in [0.15, 0.2) is 38.7 Å². The molecule has 102 valence electrons. The number of fused-ring (bicyclic) bond motifs is 1. The summed E-state index contributed by atoms with van der Waals surface area (Å²) in [6, 6.07) is 0. The summed E-state index contributed by atoms with van der Waals surface area (Å²) in [5.74, 6) is -0.369. The van der Waals surface area contributed by atoms with Crippen molar-refractivity contribution in [3.05, 3.63) is 33.6 Å². The Bertz CT molecular complexity index is 534. The third-order valence-corrected chi connectivity index (χ3v) is 3.90. The van der Waals surface area contributed by atoms with Crippen molar-refractivity contribution < 1.29 is 9.53 Å². The Morgan fingerprint density at radius 2 is 2.37 bits per heavy atom. The number of hydrazone groups is 1. The highest BCUT2D eigenvalue weighted by molar-refractivity contribution is 9.11. The Kier molecular flexibility index (Phi) is 3.80. The fourth-order valence-corrected chi connectivity index (χ4v) is 2.51. The molecule has 0 aromatic carbocycles. The van der Waals surface area contributed by atoms with E-state index in [4.69, 9.17) is 4.74 Å². The maximum Gasteiger partial charge on any atom is 0.340 e. The molecule has 0 bridgehead atoms. The molecule has 5 nitrogen and oxygen atoms in total. The fourth-order valence-electron chi connectivity index (χ4n) is 2.09. The van der Waals surface area contributed by atoms with Crippen molar-refractivity contribution in [3.8, 4) is 0 Å². The van der Waals surface area contributed by atoms with Crippen LogP contribution in [0.25, 0.3) is 0 Å². The van der Waals surface area contributed by atoms with Crippen molar-refractivity contribution in [3.63, 3.8) is 0 Å². The summed E-state index contributed by atoms with van der Waals surface area (Å²) in [6.07, 6.45) is 1.32. The van der Waals surface area contributed by atoms with Gasteiger partial charge in [-0.2, -0.15) is 5.10 Å². The number of carbonyl (C=O) groups excluding carboxylic acids is 1. The average molecular weight is 326 g/mol. The molecular formula is C13H16BrN3O2. The maximum absolute atomic E-state index is 12.0. The van der Waals surface area contributed by atoms with Gasteiger partial charge in [0.15, 0.2) is 0 Å². The summed E-state index contributed by atoms with van der Waals surface area (Å²) in [6.45, 7) is 9.88. The first-order valence-corrected chi connectivity index (χ1v) is 6.80. The van der Waals surface area contributed by atoms with Gasteiger partial charge in [-0.05, 0) is 36.7 Å². The second kappa shape index (κ2) is 5.21. The molecule has 2 heterocycles. The van der Waals surface area contributed by atoms with Crippen LogP contribution in [0.1, 0.15) is 20.8 Å². The third kappa shape index (κ3) is 2.32. The van der Waals surface area contributed by atoms with Gasteiger partial charge in [-0.1, -0.05) is 12.2 Å². The number of nitrogens with one attached hydrogen (secondary N) is 1. The van der Waals surface area contributed by atoms with E-state index in [9.17, 15) is 4.79 Å². The molecule has 2 aliphatic heterocycles. The van der Waals surface area contributed by atoms with Gasteiger partial charge in [0.05, 0.1) is 18.4 Å². The normalized spacial score (nSPS) is 21.5. The first-order chi connectivity index (χ1) is 8.97. The molecule has 1 atom stereocenters. The van der Waals surface area contributed by atoms with Gasteiger partial charge in [-0.3, -0.25) is 0 Å². The zero-order valence-electron chi connectivity index (χ0n) is 11.2. The highest BCUT2D eigenvalue weighted by Gasteiger charge is 2.36. The number of ether oxygens (including phenoxy) is 1. The summed E-state index contributed by atoms with van der Waals surface area (Å²) < 4.78 is 5.92. The Morgan fingerprint density at radius 1 is 1.68 bits per heavy atom. The topological polar surface area (TPSA) is 53.9 Å². The minimum absolute atomic E-state index is 0.212. The van der Waals surface area contributed by atoms with Crippen LogP contribution in [0.3, 0.4) is 0 Å². The monoisotopic (exact) mass is 325 g/mol. The summed E-state index contributed by atoms with van der Waals surface area (Å²) in [5.41, 5.74) is 3.04. The Labute approximate surface area is 120 Å². The van der Waals surface area contributed by atoms with Gasteiger partial charge in [-0.15, -0.1) is 0 Å². The molecule has 2 aliphatic rings. The number of hydrogen-bond donors (Lipinski definition) is 1. The summed E-state index contributed by atoms with van der Waals surface area (Å²) in [4.78, 5) is 12.0. The van der Waals surface area contributed by atoms with Gasteiger partial charge in [0.25, 0.3) is 0 Å².